The van der Waals surface area contributed by atoms with Crippen LogP contribution in [0.3, 0.4) is 0 Å². The van der Waals surface area contributed by atoms with Gasteiger partial charge in [-0.3, -0.25) is 0 Å². The van der Waals surface area contributed by atoms with Crippen LogP contribution in [-0.4, -0.2) is 52.9 Å². The SMILES string of the molecule is CNC(CN(C)CCOC)c1ccc(OC)cc1. The van der Waals surface area contributed by atoms with Crippen molar-refractivity contribution in [2.24, 2.45) is 0 Å². The predicted octanol–water partition coefficient (Wildman–Crippen LogP) is 1.53. The number of benzene rings is 1. The Morgan fingerprint density at radius 3 is 2.39 bits per heavy atom. The van der Waals surface area contributed by atoms with E-state index in [1.807, 2.05) is 19.2 Å². The molecule has 0 saturated carbocycles. The topological polar surface area (TPSA) is 33.7 Å². The molecule has 1 N–H and O–H groups in total. The van der Waals surface area contributed by atoms with Gasteiger partial charge in [0.05, 0.1) is 13.7 Å². The van der Waals surface area contributed by atoms with E-state index in [-0.39, 0.29) is 0 Å². The van der Waals surface area contributed by atoms with Crippen molar-refractivity contribution in [2.45, 2.75) is 6.04 Å². The first-order valence-electron chi connectivity index (χ1n) is 6.20. The molecular weight excluding hydrogens is 228 g/mol. The fourth-order valence-corrected chi connectivity index (χ4v) is 1.85. The van der Waals surface area contributed by atoms with Crippen LogP contribution >= 0.6 is 0 Å². The summed E-state index contributed by atoms with van der Waals surface area (Å²) in [6.07, 6.45) is 0. The summed E-state index contributed by atoms with van der Waals surface area (Å²) in [5.41, 5.74) is 1.27. The first kappa shape index (κ1) is 15.0. The van der Waals surface area contributed by atoms with E-state index >= 15 is 0 Å². The standard InChI is InChI=1S/C14H24N2O2/c1-15-14(11-16(2)9-10-17-3)12-5-7-13(18-4)8-6-12/h5-8,14-15H,9-11H2,1-4H3. The van der Waals surface area contributed by atoms with Gasteiger partial charge in [0, 0.05) is 26.2 Å². The lowest BCUT2D eigenvalue weighted by molar-refractivity contribution is 0.156. The van der Waals surface area contributed by atoms with Gasteiger partial charge in [-0.1, -0.05) is 12.1 Å². The van der Waals surface area contributed by atoms with Gasteiger partial charge in [-0.2, -0.15) is 0 Å². The smallest absolute Gasteiger partial charge is 0.118 e. The molecule has 0 radical (unpaired) electrons. The Morgan fingerprint density at radius 1 is 1.22 bits per heavy atom. The van der Waals surface area contributed by atoms with E-state index < -0.39 is 0 Å². The van der Waals surface area contributed by atoms with Crippen LogP contribution in [0.25, 0.3) is 0 Å². The van der Waals surface area contributed by atoms with Gasteiger partial charge in [0.25, 0.3) is 0 Å². The average molecular weight is 252 g/mol. The van der Waals surface area contributed by atoms with Crippen molar-refractivity contribution >= 4 is 0 Å². The largest absolute Gasteiger partial charge is 0.497 e. The van der Waals surface area contributed by atoms with Gasteiger partial charge in [0.1, 0.15) is 5.75 Å². The summed E-state index contributed by atoms with van der Waals surface area (Å²) in [4.78, 5) is 2.26. The number of ether oxygens (including phenoxy) is 2. The van der Waals surface area contributed by atoms with E-state index in [2.05, 4.69) is 29.4 Å². The summed E-state index contributed by atoms with van der Waals surface area (Å²) in [6, 6.07) is 8.51. The van der Waals surface area contributed by atoms with Gasteiger partial charge in [-0.15, -0.1) is 0 Å². The third kappa shape index (κ3) is 4.64. The highest BCUT2D eigenvalue weighted by Crippen LogP contribution is 2.18. The Morgan fingerprint density at radius 2 is 1.89 bits per heavy atom. The molecule has 0 spiro atoms. The van der Waals surface area contributed by atoms with E-state index in [9.17, 15) is 0 Å². The van der Waals surface area contributed by atoms with Crippen LogP contribution in [-0.2, 0) is 4.74 Å². The van der Waals surface area contributed by atoms with Crippen molar-refractivity contribution in [3.63, 3.8) is 0 Å². The van der Waals surface area contributed by atoms with Crippen molar-refractivity contribution in [1.29, 1.82) is 0 Å². The minimum atomic E-state index is 0.317. The molecule has 0 aliphatic carbocycles. The molecule has 0 aliphatic heterocycles. The molecule has 0 heterocycles. The third-order valence-electron chi connectivity index (χ3n) is 3.04. The lowest BCUT2D eigenvalue weighted by Crippen LogP contribution is -2.33. The number of nitrogens with one attached hydrogen (secondary N) is 1. The van der Waals surface area contributed by atoms with Gasteiger partial charge in [0.2, 0.25) is 0 Å². The Labute approximate surface area is 110 Å². The minimum absolute atomic E-state index is 0.317. The van der Waals surface area contributed by atoms with Crippen LogP contribution in [0.15, 0.2) is 24.3 Å². The fourth-order valence-electron chi connectivity index (χ4n) is 1.85. The number of likely N-dealkylation sites (N-methyl/N-ethyl adjacent to an activating group) is 2. The van der Waals surface area contributed by atoms with E-state index in [0.29, 0.717) is 6.04 Å². The number of methoxy groups -OCH3 is 2. The van der Waals surface area contributed by atoms with Crippen molar-refractivity contribution in [2.75, 3.05) is 48.0 Å². The summed E-state index contributed by atoms with van der Waals surface area (Å²) in [6.45, 7) is 2.65. The monoisotopic (exact) mass is 252 g/mol. The minimum Gasteiger partial charge on any atom is -0.497 e. The number of hydrogen-bond acceptors (Lipinski definition) is 4. The first-order valence-corrected chi connectivity index (χ1v) is 6.20. The van der Waals surface area contributed by atoms with E-state index in [1.54, 1.807) is 14.2 Å². The Balaban J connectivity index is 2.58. The molecule has 0 amide bonds. The summed E-state index contributed by atoms with van der Waals surface area (Å²) in [5.74, 6) is 0.890. The van der Waals surface area contributed by atoms with Gasteiger partial charge in [-0.25, -0.2) is 0 Å². The molecule has 1 aromatic rings. The van der Waals surface area contributed by atoms with Gasteiger partial charge >= 0.3 is 0 Å². The van der Waals surface area contributed by atoms with Crippen molar-refractivity contribution in [1.82, 2.24) is 10.2 Å². The zero-order chi connectivity index (χ0) is 13.4. The summed E-state index contributed by atoms with van der Waals surface area (Å²) < 4.78 is 10.3. The van der Waals surface area contributed by atoms with Crippen molar-refractivity contribution < 1.29 is 9.47 Å². The van der Waals surface area contributed by atoms with Gasteiger partial charge < -0.3 is 19.7 Å². The Bertz CT molecular complexity index is 327. The molecule has 0 fully saturated rings. The second kappa shape index (κ2) is 8.08. The summed E-state index contributed by atoms with van der Waals surface area (Å²) in [5, 5.41) is 3.34. The molecule has 0 saturated heterocycles. The Kier molecular flexibility index (Phi) is 6.72. The highest BCUT2D eigenvalue weighted by Gasteiger charge is 2.11. The van der Waals surface area contributed by atoms with Gasteiger partial charge in [0.15, 0.2) is 0 Å². The van der Waals surface area contributed by atoms with Crippen molar-refractivity contribution in [3.8, 4) is 5.75 Å². The highest BCUT2D eigenvalue weighted by molar-refractivity contribution is 5.29. The average Bonchev–Trinajstić information content (AvgIpc) is 2.42. The molecule has 0 bridgehead atoms. The van der Waals surface area contributed by atoms with Crippen LogP contribution in [0.4, 0.5) is 0 Å². The molecule has 4 nitrogen and oxygen atoms in total. The molecular formula is C14H24N2O2. The first-order chi connectivity index (χ1) is 8.71. The molecule has 18 heavy (non-hydrogen) atoms. The van der Waals surface area contributed by atoms with E-state index in [4.69, 9.17) is 9.47 Å². The van der Waals surface area contributed by atoms with E-state index in [0.717, 1.165) is 25.4 Å². The molecule has 102 valence electrons. The van der Waals surface area contributed by atoms with Gasteiger partial charge in [-0.05, 0) is 31.8 Å². The predicted molar refractivity (Wildman–Crippen MR) is 74.2 cm³/mol. The van der Waals surface area contributed by atoms with Crippen LogP contribution in [0.2, 0.25) is 0 Å². The normalized spacial score (nSPS) is 12.7. The quantitative estimate of drug-likeness (QED) is 0.761. The van der Waals surface area contributed by atoms with Crippen LogP contribution in [0.1, 0.15) is 11.6 Å². The maximum absolute atomic E-state index is 5.17. The summed E-state index contributed by atoms with van der Waals surface area (Å²) >= 11 is 0. The van der Waals surface area contributed by atoms with Crippen molar-refractivity contribution in [3.05, 3.63) is 29.8 Å². The zero-order valence-electron chi connectivity index (χ0n) is 11.8. The molecule has 0 aliphatic rings. The molecule has 0 aromatic heterocycles. The van der Waals surface area contributed by atoms with Crippen LogP contribution in [0.5, 0.6) is 5.75 Å². The lowest BCUT2D eigenvalue weighted by Gasteiger charge is -2.24. The maximum atomic E-state index is 5.17. The molecule has 4 heteroatoms. The highest BCUT2D eigenvalue weighted by atomic mass is 16.5. The molecule has 1 aromatic carbocycles. The van der Waals surface area contributed by atoms with E-state index in [1.165, 1.54) is 5.56 Å². The molecule has 1 unspecified atom stereocenters. The second-order valence-corrected chi connectivity index (χ2v) is 4.37. The van der Waals surface area contributed by atoms with Crippen LogP contribution in [0, 0.1) is 0 Å². The van der Waals surface area contributed by atoms with Crippen LogP contribution < -0.4 is 10.1 Å². The zero-order valence-corrected chi connectivity index (χ0v) is 11.8. The fraction of sp³-hybridized carbons (Fsp3) is 0.571. The third-order valence-corrected chi connectivity index (χ3v) is 3.04. The number of nitrogens with zero attached hydrogens (tertiary/aromatic N) is 1. The maximum Gasteiger partial charge on any atom is 0.118 e. The number of rotatable bonds is 8. The summed E-state index contributed by atoms with van der Waals surface area (Å²) in [7, 11) is 7.50. The Hall–Kier alpha value is -1.10. The lowest BCUT2D eigenvalue weighted by atomic mass is 10.1. The number of hydrogen-bond donors (Lipinski definition) is 1. The second-order valence-electron chi connectivity index (χ2n) is 4.37. The molecule has 1 atom stereocenters. The molecule has 1 rings (SSSR count).